The summed E-state index contributed by atoms with van der Waals surface area (Å²) in [5.74, 6) is 0. The van der Waals surface area contributed by atoms with Gasteiger partial charge in [-0.2, -0.15) is 4.31 Å². The van der Waals surface area contributed by atoms with Crippen LogP contribution in [0.2, 0.25) is 5.02 Å². The molecule has 2 heterocycles. The second kappa shape index (κ2) is 4.78. The Labute approximate surface area is 112 Å². The molecule has 1 aromatic heterocycles. The van der Waals surface area contributed by atoms with E-state index in [1.807, 2.05) is 12.2 Å². The standard InChI is InChI=1S/C9H9BrClNO2S2/c10-9-7(11)6-8(15-9)16(13,14)12-4-2-1-3-5-12/h1-2,6H,3-5H2. The summed E-state index contributed by atoms with van der Waals surface area (Å²) in [5.41, 5.74) is 0. The van der Waals surface area contributed by atoms with Gasteiger partial charge in [0.25, 0.3) is 10.0 Å². The van der Waals surface area contributed by atoms with Gasteiger partial charge in [0.1, 0.15) is 4.21 Å². The molecule has 0 aliphatic carbocycles. The van der Waals surface area contributed by atoms with E-state index in [4.69, 9.17) is 11.6 Å². The second-order valence-electron chi connectivity index (χ2n) is 3.31. The average Bonchev–Trinajstić information content (AvgIpc) is 2.61. The van der Waals surface area contributed by atoms with Gasteiger partial charge in [0, 0.05) is 13.1 Å². The molecule has 0 radical (unpaired) electrons. The number of hydrogen-bond donors (Lipinski definition) is 0. The quantitative estimate of drug-likeness (QED) is 0.774. The van der Waals surface area contributed by atoms with Crippen LogP contribution in [0.4, 0.5) is 0 Å². The summed E-state index contributed by atoms with van der Waals surface area (Å²) in [6.07, 6.45) is 4.62. The average molecular weight is 343 g/mol. The Morgan fingerprint density at radius 2 is 2.19 bits per heavy atom. The zero-order valence-corrected chi connectivity index (χ0v) is 12.2. The van der Waals surface area contributed by atoms with E-state index in [1.165, 1.54) is 10.4 Å². The van der Waals surface area contributed by atoms with Crippen molar-refractivity contribution in [1.29, 1.82) is 0 Å². The summed E-state index contributed by atoms with van der Waals surface area (Å²) < 4.78 is 26.8. The molecule has 0 amide bonds. The number of sulfonamides is 1. The highest BCUT2D eigenvalue weighted by atomic mass is 79.9. The van der Waals surface area contributed by atoms with Crippen molar-refractivity contribution in [2.45, 2.75) is 10.6 Å². The van der Waals surface area contributed by atoms with Gasteiger partial charge in [-0.25, -0.2) is 8.42 Å². The maximum atomic E-state index is 12.2. The summed E-state index contributed by atoms with van der Waals surface area (Å²) in [5, 5.41) is 0.441. The van der Waals surface area contributed by atoms with Crippen LogP contribution in [0.25, 0.3) is 0 Å². The zero-order valence-electron chi connectivity index (χ0n) is 8.19. The lowest BCUT2D eigenvalue weighted by atomic mass is 10.3. The Bertz CT molecular complexity index is 504. The lowest BCUT2D eigenvalue weighted by Crippen LogP contribution is -2.33. The minimum absolute atomic E-state index is 0.291. The third-order valence-electron chi connectivity index (χ3n) is 2.24. The fraction of sp³-hybridized carbons (Fsp3) is 0.333. The molecule has 0 saturated heterocycles. The maximum Gasteiger partial charge on any atom is 0.252 e. The number of thiophene rings is 1. The first-order valence-electron chi connectivity index (χ1n) is 4.62. The molecule has 3 nitrogen and oxygen atoms in total. The molecule has 16 heavy (non-hydrogen) atoms. The molecule has 0 unspecified atom stereocenters. The summed E-state index contributed by atoms with van der Waals surface area (Å²) in [6, 6.07) is 1.49. The SMILES string of the molecule is O=S(=O)(c1cc(Cl)c(Br)s1)N1CC=CCC1. The van der Waals surface area contributed by atoms with E-state index in [-0.39, 0.29) is 0 Å². The van der Waals surface area contributed by atoms with Crippen LogP contribution in [0, 0.1) is 0 Å². The molecule has 1 aliphatic rings. The molecule has 1 aliphatic heterocycles. The largest absolute Gasteiger partial charge is 0.252 e. The van der Waals surface area contributed by atoms with Crippen LogP contribution < -0.4 is 0 Å². The molecule has 0 atom stereocenters. The number of nitrogens with zero attached hydrogens (tertiary/aromatic N) is 1. The molecule has 2 rings (SSSR count). The number of rotatable bonds is 2. The Morgan fingerprint density at radius 3 is 2.69 bits per heavy atom. The summed E-state index contributed by atoms with van der Waals surface area (Å²) in [6.45, 7) is 0.974. The fourth-order valence-electron chi connectivity index (χ4n) is 1.42. The van der Waals surface area contributed by atoms with Crippen molar-refractivity contribution in [3.63, 3.8) is 0 Å². The Hall–Kier alpha value is 0.120. The van der Waals surface area contributed by atoms with Crippen molar-refractivity contribution in [1.82, 2.24) is 4.31 Å². The Kier molecular flexibility index (Phi) is 3.75. The van der Waals surface area contributed by atoms with Gasteiger partial charge < -0.3 is 0 Å². The predicted molar refractivity (Wildman–Crippen MR) is 69.5 cm³/mol. The molecule has 0 bridgehead atoms. The smallest absolute Gasteiger partial charge is 0.206 e. The molecule has 0 aromatic carbocycles. The number of hydrogen-bond acceptors (Lipinski definition) is 3. The molecule has 0 N–H and O–H groups in total. The van der Waals surface area contributed by atoms with Gasteiger partial charge in [-0.05, 0) is 28.4 Å². The van der Waals surface area contributed by atoms with E-state index < -0.39 is 10.0 Å². The van der Waals surface area contributed by atoms with Gasteiger partial charge in [-0.15, -0.1) is 11.3 Å². The first-order valence-corrected chi connectivity index (χ1v) is 8.04. The lowest BCUT2D eigenvalue weighted by Gasteiger charge is -2.21. The monoisotopic (exact) mass is 341 g/mol. The normalized spacial score (nSPS) is 17.9. The maximum absolute atomic E-state index is 12.2. The first-order chi connectivity index (χ1) is 7.51. The van der Waals surface area contributed by atoms with Gasteiger partial charge in [-0.3, -0.25) is 0 Å². The highest BCUT2D eigenvalue weighted by Crippen LogP contribution is 2.36. The molecule has 7 heteroatoms. The minimum Gasteiger partial charge on any atom is -0.206 e. The van der Waals surface area contributed by atoms with Gasteiger partial charge in [-0.1, -0.05) is 23.8 Å². The third-order valence-corrected chi connectivity index (χ3v) is 7.03. The van der Waals surface area contributed by atoms with E-state index in [0.29, 0.717) is 26.1 Å². The van der Waals surface area contributed by atoms with Crippen LogP contribution in [-0.2, 0) is 10.0 Å². The van der Waals surface area contributed by atoms with Gasteiger partial charge in [0.2, 0.25) is 0 Å². The molecular weight excluding hydrogens is 334 g/mol. The van der Waals surface area contributed by atoms with Crippen molar-refractivity contribution in [2.24, 2.45) is 0 Å². The molecule has 0 saturated carbocycles. The van der Waals surface area contributed by atoms with E-state index in [1.54, 1.807) is 0 Å². The van der Waals surface area contributed by atoms with Crippen molar-refractivity contribution in [2.75, 3.05) is 13.1 Å². The summed E-state index contributed by atoms with van der Waals surface area (Å²) in [7, 11) is -3.38. The van der Waals surface area contributed by atoms with E-state index >= 15 is 0 Å². The van der Waals surface area contributed by atoms with Crippen molar-refractivity contribution in [3.8, 4) is 0 Å². The van der Waals surface area contributed by atoms with Crippen LogP contribution in [0.3, 0.4) is 0 Å². The highest BCUT2D eigenvalue weighted by molar-refractivity contribution is 9.11. The van der Waals surface area contributed by atoms with E-state index in [0.717, 1.165) is 17.8 Å². The number of halogens is 2. The van der Waals surface area contributed by atoms with Crippen LogP contribution >= 0.6 is 38.9 Å². The van der Waals surface area contributed by atoms with Crippen LogP contribution in [0.15, 0.2) is 26.2 Å². The third kappa shape index (κ3) is 2.36. The lowest BCUT2D eigenvalue weighted by molar-refractivity contribution is 0.439. The predicted octanol–water partition coefficient (Wildman–Crippen LogP) is 3.11. The van der Waals surface area contributed by atoms with Crippen LogP contribution in [0.5, 0.6) is 0 Å². The van der Waals surface area contributed by atoms with Crippen LogP contribution in [-0.4, -0.2) is 25.8 Å². The van der Waals surface area contributed by atoms with Crippen molar-refractivity contribution in [3.05, 3.63) is 27.0 Å². The zero-order chi connectivity index (χ0) is 11.8. The molecular formula is C9H9BrClNO2S2. The van der Waals surface area contributed by atoms with E-state index in [2.05, 4.69) is 15.9 Å². The van der Waals surface area contributed by atoms with Gasteiger partial charge in [0.05, 0.1) is 8.81 Å². The van der Waals surface area contributed by atoms with Crippen LogP contribution in [0.1, 0.15) is 6.42 Å². The summed E-state index contributed by atoms with van der Waals surface area (Å²) in [4.78, 5) is 0. The second-order valence-corrected chi connectivity index (χ2v) is 8.25. The molecule has 0 spiro atoms. The minimum atomic E-state index is -3.38. The van der Waals surface area contributed by atoms with Gasteiger partial charge in [0.15, 0.2) is 0 Å². The fourth-order valence-corrected chi connectivity index (χ4v) is 5.38. The van der Waals surface area contributed by atoms with Gasteiger partial charge >= 0.3 is 0 Å². The van der Waals surface area contributed by atoms with Crippen molar-refractivity contribution >= 4 is 48.9 Å². The van der Waals surface area contributed by atoms with Crippen molar-refractivity contribution < 1.29 is 8.42 Å². The molecule has 88 valence electrons. The Morgan fingerprint density at radius 1 is 1.44 bits per heavy atom. The highest BCUT2D eigenvalue weighted by Gasteiger charge is 2.26. The Balaban J connectivity index is 2.34. The first kappa shape index (κ1) is 12.6. The molecule has 0 fully saturated rings. The topological polar surface area (TPSA) is 37.4 Å². The summed E-state index contributed by atoms with van der Waals surface area (Å²) >= 11 is 10.2. The van der Waals surface area contributed by atoms with E-state index in [9.17, 15) is 8.42 Å². The molecule has 1 aromatic rings.